The molecule has 0 aromatic heterocycles. The number of fused-ring (bicyclic) bond motifs is 1. The van der Waals surface area contributed by atoms with Crippen molar-refractivity contribution in [1.29, 1.82) is 0 Å². The fraction of sp³-hybridized carbons (Fsp3) is 0.545. The van der Waals surface area contributed by atoms with Gasteiger partial charge in [-0.05, 0) is 41.9 Å². The Bertz CT molecular complexity index is 714. The van der Waals surface area contributed by atoms with E-state index < -0.39 is 0 Å². The number of hydrogen-bond donors (Lipinski definition) is 1. The molecule has 0 radical (unpaired) electrons. The van der Waals surface area contributed by atoms with E-state index in [-0.39, 0.29) is 11.8 Å². The zero-order chi connectivity index (χ0) is 19.2. The lowest BCUT2D eigenvalue weighted by Crippen LogP contribution is -2.25. The second kappa shape index (κ2) is 9.18. The predicted octanol–water partition coefficient (Wildman–Crippen LogP) is 3.32. The van der Waals surface area contributed by atoms with Crippen LogP contribution in [0, 0.1) is 5.92 Å². The number of nitrogens with zero attached hydrogens (tertiary/aromatic N) is 1. The molecule has 1 aromatic rings. The van der Waals surface area contributed by atoms with Gasteiger partial charge in [-0.1, -0.05) is 37.6 Å². The zero-order valence-electron chi connectivity index (χ0n) is 16.4. The van der Waals surface area contributed by atoms with Crippen LogP contribution in [0.15, 0.2) is 29.8 Å². The lowest BCUT2D eigenvalue weighted by molar-refractivity contribution is -0.126. The molecule has 5 nitrogen and oxygen atoms in total. The highest BCUT2D eigenvalue weighted by Gasteiger charge is 2.23. The Morgan fingerprint density at radius 1 is 1.22 bits per heavy atom. The molecule has 1 aromatic carbocycles. The summed E-state index contributed by atoms with van der Waals surface area (Å²) in [7, 11) is 0. The topological polar surface area (TPSA) is 58.6 Å². The van der Waals surface area contributed by atoms with E-state index in [1.807, 2.05) is 11.0 Å². The first-order valence-electron chi connectivity index (χ1n) is 10.0. The number of ether oxygens (including phenoxy) is 1. The molecular formula is C22H30N2O3. The van der Waals surface area contributed by atoms with Crippen LogP contribution < -0.4 is 5.32 Å². The van der Waals surface area contributed by atoms with E-state index in [0.29, 0.717) is 38.6 Å². The van der Waals surface area contributed by atoms with Gasteiger partial charge in [0.15, 0.2) is 0 Å². The zero-order valence-corrected chi connectivity index (χ0v) is 16.4. The number of amides is 2. The van der Waals surface area contributed by atoms with Gasteiger partial charge >= 0.3 is 0 Å². The molecule has 2 aliphatic heterocycles. The molecular weight excluding hydrogens is 340 g/mol. The molecule has 146 valence electrons. The highest BCUT2D eigenvalue weighted by atomic mass is 16.5. The van der Waals surface area contributed by atoms with Crippen molar-refractivity contribution < 1.29 is 14.3 Å². The van der Waals surface area contributed by atoms with Crippen LogP contribution in [-0.2, 0) is 34.0 Å². The maximum atomic E-state index is 12.5. The summed E-state index contributed by atoms with van der Waals surface area (Å²) in [6.07, 6.45) is 5.14. The van der Waals surface area contributed by atoms with Crippen molar-refractivity contribution in [3.05, 3.63) is 46.5 Å². The smallest absolute Gasteiger partial charge is 0.247 e. The van der Waals surface area contributed by atoms with E-state index >= 15 is 0 Å². The first kappa shape index (κ1) is 19.6. The lowest BCUT2D eigenvalue weighted by Gasteiger charge is -2.13. The third-order valence-corrected chi connectivity index (χ3v) is 5.53. The quantitative estimate of drug-likeness (QED) is 0.749. The van der Waals surface area contributed by atoms with E-state index in [1.54, 1.807) is 6.08 Å². The molecule has 2 amide bonds. The molecule has 1 saturated heterocycles. The average molecular weight is 370 g/mol. The second-order valence-electron chi connectivity index (χ2n) is 7.52. The Morgan fingerprint density at radius 2 is 2.00 bits per heavy atom. The van der Waals surface area contributed by atoms with Gasteiger partial charge in [0.25, 0.3) is 0 Å². The Balaban J connectivity index is 1.53. The molecule has 2 heterocycles. The van der Waals surface area contributed by atoms with Crippen LogP contribution >= 0.6 is 0 Å². The number of carbonyl (C=O) groups is 2. The summed E-state index contributed by atoms with van der Waals surface area (Å²) in [5.41, 5.74) is 4.65. The summed E-state index contributed by atoms with van der Waals surface area (Å²) in [6.45, 7) is 7.48. The third kappa shape index (κ3) is 5.19. The Morgan fingerprint density at radius 3 is 2.70 bits per heavy atom. The van der Waals surface area contributed by atoms with Crippen LogP contribution in [0.1, 0.15) is 56.2 Å². The number of carbonyl (C=O) groups excluding carboxylic acids is 2. The Kier molecular flexibility index (Phi) is 6.67. The summed E-state index contributed by atoms with van der Waals surface area (Å²) in [6, 6.07) is 6.25. The van der Waals surface area contributed by atoms with E-state index in [0.717, 1.165) is 31.4 Å². The number of benzene rings is 1. The summed E-state index contributed by atoms with van der Waals surface area (Å²) in [4.78, 5) is 26.5. The van der Waals surface area contributed by atoms with E-state index in [2.05, 4.69) is 31.3 Å². The molecule has 1 N–H and O–H groups in total. The van der Waals surface area contributed by atoms with Crippen molar-refractivity contribution in [3.63, 3.8) is 0 Å². The molecule has 0 aliphatic carbocycles. The summed E-state index contributed by atoms with van der Waals surface area (Å²) in [5, 5.41) is 3.01. The van der Waals surface area contributed by atoms with Crippen LogP contribution in [0.4, 0.5) is 0 Å². The third-order valence-electron chi connectivity index (χ3n) is 5.53. The van der Waals surface area contributed by atoms with Gasteiger partial charge in [0.1, 0.15) is 0 Å². The fourth-order valence-corrected chi connectivity index (χ4v) is 3.71. The lowest BCUT2D eigenvalue weighted by atomic mass is 10.0. The Hall–Kier alpha value is -2.14. The van der Waals surface area contributed by atoms with Crippen molar-refractivity contribution in [2.75, 3.05) is 13.2 Å². The van der Waals surface area contributed by atoms with Crippen molar-refractivity contribution in [3.8, 4) is 0 Å². The molecule has 0 spiro atoms. The van der Waals surface area contributed by atoms with Gasteiger partial charge in [0.05, 0.1) is 0 Å². The maximum absolute atomic E-state index is 12.5. The molecule has 0 bridgehead atoms. The van der Waals surface area contributed by atoms with Crippen LogP contribution in [-0.4, -0.2) is 29.9 Å². The van der Waals surface area contributed by atoms with Gasteiger partial charge in [0, 0.05) is 45.3 Å². The normalized spacial score (nSPS) is 18.3. The van der Waals surface area contributed by atoms with E-state index in [1.165, 1.54) is 16.7 Å². The summed E-state index contributed by atoms with van der Waals surface area (Å²) < 4.78 is 5.32. The van der Waals surface area contributed by atoms with Crippen molar-refractivity contribution in [1.82, 2.24) is 10.2 Å². The minimum atomic E-state index is 0.0830. The molecule has 3 rings (SSSR count). The number of hydrogen-bond acceptors (Lipinski definition) is 3. The van der Waals surface area contributed by atoms with Crippen molar-refractivity contribution in [2.24, 2.45) is 5.92 Å². The highest BCUT2D eigenvalue weighted by Crippen LogP contribution is 2.25. The Labute approximate surface area is 161 Å². The molecule has 1 atom stereocenters. The minimum Gasteiger partial charge on any atom is -0.381 e. The van der Waals surface area contributed by atoms with Crippen molar-refractivity contribution in [2.45, 2.75) is 59.2 Å². The van der Waals surface area contributed by atoms with Crippen LogP contribution in [0.3, 0.4) is 0 Å². The SMILES string of the molecule is CCC(=CC(=O)N1Cc2ccc(CNC(=O)C[C@H]3CCOC3)cc2C1)CC. The largest absolute Gasteiger partial charge is 0.381 e. The molecule has 1 fully saturated rings. The van der Waals surface area contributed by atoms with Crippen molar-refractivity contribution >= 4 is 11.8 Å². The van der Waals surface area contributed by atoms with Gasteiger partial charge < -0.3 is 15.0 Å². The standard InChI is InChI=1S/C22H30N2O3/c1-3-16(4-2)11-22(26)24-13-19-6-5-17(9-20(19)14-24)12-23-21(25)10-18-7-8-27-15-18/h5-6,9,11,18H,3-4,7-8,10,12-15H2,1-2H3,(H,23,25)/t18-/m1/s1. The van der Waals surface area contributed by atoms with Crippen LogP contribution in [0.5, 0.6) is 0 Å². The molecule has 0 saturated carbocycles. The summed E-state index contributed by atoms with van der Waals surface area (Å²) >= 11 is 0. The van der Waals surface area contributed by atoms with Gasteiger partial charge in [-0.2, -0.15) is 0 Å². The van der Waals surface area contributed by atoms with Gasteiger partial charge in [-0.3, -0.25) is 9.59 Å². The number of nitrogens with one attached hydrogen (secondary N) is 1. The van der Waals surface area contributed by atoms with Crippen LogP contribution in [0.25, 0.3) is 0 Å². The van der Waals surface area contributed by atoms with Gasteiger partial charge in [-0.15, -0.1) is 0 Å². The number of allylic oxidation sites excluding steroid dienone is 1. The van der Waals surface area contributed by atoms with Crippen LogP contribution in [0.2, 0.25) is 0 Å². The highest BCUT2D eigenvalue weighted by molar-refractivity contribution is 5.88. The molecule has 0 unspecified atom stereocenters. The average Bonchev–Trinajstić information content (AvgIpc) is 3.33. The van der Waals surface area contributed by atoms with Gasteiger partial charge in [-0.25, -0.2) is 0 Å². The first-order valence-corrected chi connectivity index (χ1v) is 10.0. The van der Waals surface area contributed by atoms with E-state index in [9.17, 15) is 9.59 Å². The maximum Gasteiger partial charge on any atom is 0.247 e. The first-order chi connectivity index (χ1) is 13.1. The van der Waals surface area contributed by atoms with E-state index in [4.69, 9.17) is 4.74 Å². The number of rotatable bonds is 7. The molecule has 5 heteroatoms. The monoisotopic (exact) mass is 370 g/mol. The van der Waals surface area contributed by atoms with Gasteiger partial charge in [0.2, 0.25) is 11.8 Å². The predicted molar refractivity (Wildman–Crippen MR) is 105 cm³/mol. The molecule has 2 aliphatic rings. The minimum absolute atomic E-state index is 0.0830. The second-order valence-corrected chi connectivity index (χ2v) is 7.52. The molecule has 27 heavy (non-hydrogen) atoms. The summed E-state index contributed by atoms with van der Waals surface area (Å²) in [5.74, 6) is 0.534. The fourth-order valence-electron chi connectivity index (χ4n) is 3.71.